The van der Waals surface area contributed by atoms with Gasteiger partial charge >= 0.3 is 12.1 Å². The summed E-state index contributed by atoms with van der Waals surface area (Å²) in [6.07, 6.45) is 4.92. The fourth-order valence-electron chi connectivity index (χ4n) is 5.21. The zero-order valence-electron chi connectivity index (χ0n) is 23.6. The summed E-state index contributed by atoms with van der Waals surface area (Å²) in [4.78, 5) is 42.4. The molecule has 1 aliphatic heterocycles. The van der Waals surface area contributed by atoms with Gasteiger partial charge in [-0.15, -0.1) is 0 Å². The Morgan fingerprint density at radius 2 is 1.80 bits per heavy atom. The van der Waals surface area contributed by atoms with Crippen molar-refractivity contribution in [1.82, 2.24) is 15.1 Å². The van der Waals surface area contributed by atoms with Crippen LogP contribution in [0.15, 0.2) is 48.5 Å². The molecule has 0 radical (unpaired) electrons. The minimum Gasteiger partial charge on any atom is -0.487 e. The maximum Gasteiger partial charge on any atom is 0.321 e. The van der Waals surface area contributed by atoms with E-state index in [-0.39, 0.29) is 43.1 Å². The number of aliphatic hydroxyl groups is 1. The van der Waals surface area contributed by atoms with Crippen LogP contribution in [0, 0.1) is 5.92 Å². The molecule has 1 fully saturated rings. The van der Waals surface area contributed by atoms with Gasteiger partial charge in [0.05, 0.1) is 24.8 Å². The summed E-state index contributed by atoms with van der Waals surface area (Å²) in [6.45, 7) is 4.17. The van der Waals surface area contributed by atoms with Crippen molar-refractivity contribution in [1.29, 1.82) is 0 Å². The molecule has 2 aromatic carbocycles. The summed E-state index contributed by atoms with van der Waals surface area (Å²) in [6, 6.07) is 13.4. The van der Waals surface area contributed by atoms with Crippen molar-refractivity contribution in [2.75, 3.05) is 37.4 Å². The highest BCUT2D eigenvalue weighted by Crippen LogP contribution is 2.31. The van der Waals surface area contributed by atoms with E-state index >= 15 is 0 Å². The smallest absolute Gasteiger partial charge is 0.321 e. The van der Waals surface area contributed by atoms with Crippen LogP contribution in [-0.2, 0) is 0 Å². The van der Waals surface area contributed by atoms with Crippen molar-refractivity contribution in [3.8, 4) is 5.75 Å². The molecule has 216 valence electrons. The molecule has 1 aliphatic carbocycles. The van der Waals surface area contributed by atoms with Gasteiger partial charge in [0, 0.05) is 36.9 Å². The van der Waals surface area contributed by atoms with Crippen LogP contribution in [0.2, 0.25) is 0 Å². The molecule has 0 unspecified atom stereocenters. The van der Waals surface area contributed by atoms with Gasteiger partial charge in [-0.3, -0.25) is 4.79 Å². The molecular weight excluding hydrogens is 510 g/mol. The first-order valence-corrected chi connectivity index (χ1v) is 14.1. The zero-order valence-corrected chi connectivity index (χ0v) is 23.6. The summed E-state index contributed by atoms with van der Waals surface area (Å²) in [5.41, 5.74) is 1.46. The van der Waals surface area contributed by atoms with Crippen molar-refractivity contribution in [2.24, 2.45) is 5.92 Å². The van der Waals surface area contributed by atoms with Gasteiger partial charge in [-0.05, 0) is 50.1 Å². The van der Waals surface area contributed by atoms with Gasteiger partial charge in [0.2, 0.25) is 0 Å². The minimum absolute atomic E-state index is 0.142. The fraction of sp³-hybridized carbons (Fsp3) is 0.500. The predicted octanol–water partition coefficient (Wildman–Crippen LogP) is 4.52. The van der Waals surface area contributed by atoms with Crippen molar-refractivity contribution < 1.29 is 24.2 Å². The molecule has 0 aromatic heterocycles. The van der Waals surface area contributed by atoms with Crippen LogP contribution in [0.1, 0.15) is 56.3 Å². The SMILES string of the molecule is C[C@H]1CN([C@@H](C)CO)C(=O)c2cc(NC(=O)NC3CCCCC3)ccc2O[C@@H]1CN(C)C(=O)Nc1ccccc1. The second-order valence-corrected chi connectivity index (χ2v) is 10.9. The van der Waals surface area contributed by atoms with Crippen molar-refractivity contribution in [2.45, 2.75) is 64.1 Å². The van der Waals surface area contributed by atoms with E-state index in [9.17, 15) is 19.5 Å². The predicted molar refractivity (Wildman–Crippen MR) is 155 cm³/mol. The number of amides is 5. The second kappa shape index (κ2) is 13.5. The summed E-state index contributed by atoms with van der Waals surface area (Å²) in [5.74, 6) is -0.0580. The molecular formula is C30H41N5O5. The first-order valence-electron chi connectivity index (χ1n) is 14.1. The number of nitrogens with zero attached hydrogens (tertiary/aromatic N) is 2. The molecule has 0 bridgehead atoms. The van der Waals surface area contributed by atoms with Gasteiger partial charge in [0.25, 0.3) is 5.91 Å². The number of anilines is 2. The number of para-hydroxylation sites is 1. The van der Waals surface area contributed by atoms with E-state index in [1.54, 1.807) is 42.0 Å². The third-order valence-electron chi connectivity index (χ3n) is 7.69. The van der Waals surface area contributed by atoms with Crippen LogP contribution < -0.4 is 20.7 Å². The van der Waals surface area contributed by atoms with Crippen LogP contribution in [-0.4, -0.2) is 77.8 Å². The van der Waals surface area contributed by atoms with Crippen molar-refractivity contribution in [3.05, 3.63) is 54.1 Å². The Balaban J connectivity index is 1.53. The summed E-state index contributed by atoms with van der Waals surface area (Å²) in [7, 11) is 1.70. The van der Waals surface area contributed by atoms with Crippen LogP contribution >= 0.6 is 0 Å². The first kappa shape index (κ1) is 29.2. The Kier molecular flexibility index (Phi) is 9.87. The number of carbonyl (C=O) groups is 3. The molecule has 40 heavy (non-hydrogen) atoms. The van der Waals surface area contributed by atoms with Crippen LogP contribution in [0.25, 0.3) is 0 Å². The molecule has 3 atom stereocenters. The summed E-state index contributed by atoms with van der Waals surface area (Å²) in [5, 5.41) is 18.7. The number of urea groups is 2. The molecule has 4 rings (SSSR count). The molecule has 2 aromatic rings. The van der Waals surface area contributed by atoms with Gasteiger partial charge in [-0.25, -0.2) is 9.59 Å². The first-order chi connectivity index (χ1) is 19.2. The standard InChI is InChI=1S/C30H41N5O5/c1-20-17-35(21(2)19-36)28(37)25-16-24(32-29(38)31-22-10-6-4-7-11-22)14-15-26(25)40-27(20)18-34(3)30(39)33-23-12-8-5-9-13-23/h5,8-9,12-16,20-22,27,36H,4,6-7,10-11,17-19H2,1-3H3,(H,33,39)(H2,31,32,38)/t20-,21-,27+/m0/s1. The Morgan fingerprint density at radius 1 is 1.07 bits per heavy atom. The number of hydrogen-bond donors (Lipinski definition) is 4. The zero-order chi connectivity index (χ0) is 28.6. The van der Waals surface area contributed by atoms with Crippen molar-refractivity contribution in [3.63, 3.8) is 0 Å². The second-order valence-electron chi connectivity index (χ2n) is 10.9. The van der Waals surface area contributed by atoms with Gasteiger partial charge in [0.1, 0.15) is 11.9 Å². The topological polar surface area (TPSA) is 123 Å². The number of rotatable bonds is 7. The number of aliphatic hydroxyl groups excluding tert-OH is 1. The Hall–Kier alpha value is -3.79. The largest absolute Gasteiger partial charge is 0.487 e. The number of nitrogens with one attached hydrogen (secondary N) is 3. The van der Waals surface area contributed by atoms with Gasteiger partial charge < -0.3 is 35.6 Å². The highest BCUT2D eigenvalue weighted by Gasteiger charge is 2.34. The molecule has 10 heteroatoms. The number of likely N-dealkylation sites (N-methyl/N-ethyl adjacent to an activating group) is 1. The third-order valence-corrected chi connectivity index (χ3v) is 7.69. The lowest BCUT2D eigenvalue weighted by Crippen LogP contribution is -2.50. The molecule has 5 amide bonds. The monoisotopic (exact) mass is 551 g/mol. The maximum absolute atomic E-state index is 13.7. The number of benzene rings is 2. The fourth-order valence-corrected chi connectivity index (χ4v) is 5.21. The number of carbonyl (C=O) groups excluding carboxylic acids is 3. The van der Waals surface area contributed by atoms with E-state index in [0.717, 1.165) is 25.7 Å². The van der Waals surface area contributed by atoms with E-state index in [0.29, 0.717) is 29.2 Å². The van der Waals surface area contributed by atoms with Gasteiger partial charge in [-0.1, -0.05) is 44.4 Å². The molecule has 0 saturated heterocycles. The number of hydrogen-bond acceptors (Lipinski definition) is 5. The molecule has 0 spiro atoms. The summed E-state index contributed by atoms with van der Waals surface area (Å²) >= 11 is 0. The van der Waals surface area contributed by atoms with Crippen LogP contribution in [0.3, 0.4) is 0 Å². The van der Waals surface area contributed by atoms with Gasteiger partial charge in [-0.2, -0.15) is 0 Å². The Bertz CT molecular complexity index is 1170. The normalized spacial score (nSPS) is 20.3. The van der Waals surface area contributed by atoms with E-state index in [4.69, 9.17) is 4.74 Å². The molecule has 1 heterocycles. The van der Waals surface area contributed by atoms with Crippen LogP contribution in [0.5, 0.6) is 5.75 Å². The van der Waals surface area contributed by atoms with E-state index < -0.39 is 12.1 Å². The van der Waals surface area contributed by atoms with E-state index in [1.807, 2.05) is 37.3 Å². The molecule has 4 N–H and O–H groups in total. The highest BCUT2D eigenvalue weighted by molar-refractivity contribution is 5.99. The number of fused-ring (bicyclic) bond motifs is 1. The van der Waals surface area contributed by atoms with Crippen molar-refractivity contribution >= 4 is 29.3 Å². The highest BCUT2D eigenvalue weighted by atomic mass is 16.5. The molecule has 10 nitrogen and oxygen atoms in total. The lowest BCUT2D eigenvalue weighted by atomic mass is 9.96. The lowest BCUT2D eigenvalue weighted by molar-refractivity contribution is 0.0371. The van der Waals surface area contributed by atoms with E-state index in [1.165, 1.54) is 6.42 Å². The third kappa shape index (κ3) is 7.44. The lowest BCUT2D eigenvalue weighted by Gasteiger charge is -2.38. The van der Waals surface area contributed by atoms with Crippen LogP contribution in [0.4, 0.5) is 21.0 Å². The van der Waals surface area contributed by atoms with E-state index in [2.05, 4.69) is 16.0 Å². The summed E-state index contributed by atoms with van der Waals surface area (Å²) < 4.78 is 6.37. The number of ether oxygens (including phenoxy) is 1. The Labute approximate surface area is 236 Å². The average molecular weight is 552 g/mol. The van der Waals surface area contributed by atoms with Gasteiger partial charge in [0.15, 0.2) is 0 Å². The molecule has 1 saturated carbocycles. The average Bonchev–Trinajstić information content (AvgIpc) is 2.95. The Morgan fingerprint density at radius 3 is 2.50 bits per heavy atom. The molecule has 2 aliphatic rings. The maximum atomic E-state index is 13.7. The minimum atomic E-state index is -0.430. The quantitative estimate of drug-likeness (QED) is 0.403.